The fourth-order valence-electron chi connectivity index (χ4n) is 2.70. The molecule has 8 heteroatoms. The van der Waals surface area contributed by atoms with Crippen molar-refractivity contribution in [3.05, 3.63) is 18.2 Å². The van der Waals surface area contributed by atoms with Gasteiger partial charge in [0, 0.05) is 13.1 Å². The molecule has 0 amide bonds. The van der Waals surface area contributed by atoms with Crippen LogP contribution in [0, 0.1) is 5.92 Å². The molecule has 0 bridgehead atoms. The van der Waals surface area contributed by atoms with Gasteiger partial charge in [-0.1, -0.05) is 13.0 Å². The molecule has 0 saturated carbocycles. The van der Waals surface area contributed by atoms with Crippen molar-refractivity contribution in [1.29, 1.82) is 0 Å². The molecule has 1 fully saturated rings. The molecule has 0 radical (unpaired) electrons. The maximum absolute atomic E-state index is 12.4. The zero-order chi connectivity index (χ0) is 15.6. The molecular weight excluding hydrogens is 320 g/mol. The molecule has 3 rings (SSSR count). The monoisotopic (exact) mass is 340 g/mol. The van der Waals surface area contributed by atoms with Crippen molar-refractivity contribution in [2.45, 2.75) is 24.7 Å². The van der Waals surface area contributed by atoms with Gasteiger partial charge in [-0.2, -0.15) is 8.75 Å². The molecule has 1 N–H and O–H groups in total. The van der Waals surface area contributed by atoms with Crippen molar-refractivity contribution >= 4 is 32.8 Å². The lowest BCUT2D eigenvalue weighted by Crippen LogP contribution is -2.39. The lowest BCUT2D eigenvalue weighted by Gasteiger charge is -2.30. The number of hydrogen-bond acceptors (Lipinski definition) is 6. The Morgan fingerprint density at radius 1 is 1.32 bits per heavy atom. The van der Waals surface area contributed by atoms with Crippen LogP contribution in [0.1, 0.15) is 19.8 Å². The minimum Gasteiger partial charge on any atom is -0.302 e. The summed E-state index contributed by atoms with van der Waals surface area (Å²) in [5, 5.41) is 0. The minimum absolute atomic E-state index is 0.214. The van der Waals surface area contributed by atoms with E-state index in [1.54, 1.807) is 18.2 Å². The first-order chi connectivity index (χ1) is 10.6. The Hall–Kier alpha value is -1.09. The summed E-state index contributed by atoms with van der Waals surface area (Å²) in [6.45, 7) is 5.54. The number of rotatable bonds is 5. The predicted molar refractivity (Wildman–Crippen MR) is 87.4 cm³/mol. The second-order valence-corrected chi connectivity index (χ2v) is 8.07. The molecule has 1 aromatic carbocycles. The van der Waals surface area contributed by atoms with Crippen molar-refractivity contribution in [3.63, 3.8) is 0 Å². The van der Waals surface area contributed by atoms with Gasteiger partial charge in [0.15, 0.2) is 0 Å². The third-order valence-electron chi connectivity index (χ3n) is 4.13. The number of nitrogens with zero attached hydrogens (tertiary/aromatic N) is 3. The van der Waals surface area contributed by atoms with Crippen LogP contribution < -0.4 is 4.72 Å². The second-order valence-electron chi connectivity index (χ2n) is 5.81. The standard InChI is InChI=1S/C14H20N4O2S2/c1-11-5-8-18(9-6-11)10-7-15-22(19,20)13-4-2-3-12-14(13)17-21-16-12/h2-4,11,15H,5-10H2,1H3. The Kier molecular flexibility index (Phi) is 4.72. The summed E-state index contributed by atoms with van der Waals surface area (Å²) in [7, 11) is -3.54. The lowest BCUT2D eigenvalue weighted by molar-refractivity contribution is 0.195. The molecule has 0 aliphatic carbocycles. The number of nitrogens with one attached hydrogen (secondary N) is 1. The van der Waals surface area contributed by atoms with Crippen LogP contribution in [0.5, 0.6) is 0 Å². The van der Waals surface area contributed by atoms with E-state index < -0.39 is 10.0 Å². The summed E-state index contributed by atoms with van der Waals surface area (Å²) in [5.74, 6) is 0.780. The van der Waals surface area contributed by atoms with Gasteiger partial charge >= 0.3 is 0 Å². The molecule has 0 unspecified atom stereocenters. The van der Waals surface area contributed by atoms with Gasteiger partial charge in [0.2, 0.25) is 10.0 Å². The van der Waals surface area contributed by atoms with E-state index >= 15 is 0 Å². The summed E-state index contributed by atoms with van der Waals surface area (Å²) in [5.41, 5.74) is 1.07. The number of benzene rings is 1. The van der Waals surface area contributed by atoms with Gasteiger partial charge < -0.3 is 4.90 Å². The zero-order valence-corrected chi connectivity index (χ0v) is 14.2. The van der Waals surface area contributed by atoms with Gasteiger partial charge in [-0.05, 0) is 44.0 Å². The summed E-state index contributed by atoms with van der Waals surface area (Å²) in [6, 6.07) is 5.05. The molecule has 2 aromatic rings. The van der Waals surface area contributed by atoms with E-state index in [2.05, 4.69) is 25.3 Å². The number of likely N-dealkylation sites (tertiary alicyclic amines) is 1. The Morgan fingerprint density at radius 3 is 2.86 bits per heavy atom. The third-order valence-corrected chi connectivity index (χ3v) is 6.17. The van der Waals surface area contributed by atoms with Crippen molar-refractivity contribution in [3.8, 4) is 0 Å². The fraction of sp³-hybridized carbons (Fsp3) is 0.571. The number of piperidine rings is 1. The molecule has 6 nitrogen and oxygen atoms in total. The van der Waals surface area contributed by atoms with E-state index in [1.807, 2.05) is 0 Å². The van der Waals surface area contributed by atoms with Crippen LogP contribution in [0.3, 0.4) is 0 Å². The van der Waals surface area contributed by atoms with Gasteiger partial charge in [0.1, 0.15) is 15.9 Å². The third kappa shape index (κ3) is 3.45. The SMILES string of the molecule is CC1CCN(CCNS(=O)(=O)c2cccc3nsnc23)CC1. The van der Waals surface area contributed by atoms with Crippen LogP contribution in [0.4, 0.5) is 0 Å². The highest BCUT2D eigenvalue weighted by atomic mass is 32.2. The smallest absolute Gasteiger partial charge is 0.242 e. The topological polar surface area (TPSA) is 75.2 Å². The maximum Gasteiger partial charge on any atom is 0.242 e. The zero-order valence-electron chi connectivity index (χ0n) is 12.5. The minimum atomic E-state index is -3.54. The van der Waals surface area contributed by atoms with E-state index in [0.717, 1.165) is 37.3 Å². The lowest BCUT2D eigenvalue weighted by atomic mass is 9.99. The Labute approximate surface area is 134 Å². The van der Waals surface area contributed by atoms with Gasteiger partial charge in [-0.15, -0.1) is 0 Å². The Balaban J connectivity index is 1.63. The first-order valence-electron chi connectivity index (χ1n) is 7.49. The summed E-state index contributed by atoms with van der Waals surface area (Å²) in [4.78, 5) is 2.53. The normalized spacial score (nSPS) is 18.0. The fourth-order valence-corrected chi connectivity index (χ4v) is 4.49. The molecule has 1 saturated heterocycles. The Morgan fingerprint density at radius 2 is 2.09 bits per heavy atom. The largest absolute Gasteiger partial charge is 0.302 e. The molecular formula is C14H20N4O2S2. The highest BCUT2D eigenvalue weighted by Gasteiger charge is 2.20. The van der Waals surface area contributed by atoms with Crippen molar-refractivity contribution < 1.29 is 8.42 Å². The summed E-state index contributed by atoms with van der Waals surface area (Å²) in [6.07, 6.45) is 2.38. The van der Waals surface area contributed by atoms with Crippen molar-refractivity contribution in [1.82, 2.24) is 18.4 Å². The molecule has 2 heterocycles. The maximum atomic E-state index is 12.4. The van der Waals surface area contributed by atoms with E-state index in [1.165, 1.54) is 12.8 Å². The van der Waals surface area contributed by atoms with Crippen LogP contribution in [0.2, 0.25) is 0 Å². The molecule has 0 spiro atoms. The first-order valence-corrected chi connectivity index (χ1v) is 9.71. The molecule has 22 heavy (non-hydrogen) atoms. The average Bonchev–Trinajstić information content (AvgIpc) is 2.97. The van der Waals surface area contributed by atoms with Crippen molar-refractivity contribution in [2.75, 3.05) is 26.2 Å². The van der Waals surface area contributed by atoms with E-state index in [9.17, 15) is 8.42 Å². The van der Waals surface area contributed by atoms with Crippen LogP contribution >= 0.6 is 11.7 Å². The predicted octanol–water partition coefficient (Wildman–Crippen LogP) is 1.70. The molecule has 1 aliphatic heterocycles. The van der Waals surface area contributed by atoms with Gasteiger partial charge in [0.05, 0.1) is 11.7 Å². The highest BCUT2D eigenvalue weighted by molar-refractivity contribution is 7.89. The molecule has 120 valence electrons. The number of sulfonamides is 1. The van der Waals surface area contributed by atoms with E-state index in [-0.39, 0.29) is 4.90 Å². The average molecular weight is 340 g/mol. The number of hydrogen-bond donors (Lipinski definition) is 1. The number of fused-ring (bicyclic) bond motifs is 1. The highest BCUT2D eigenvalue weighted by Crippen LogP contribution is 2.21. The van der Waals surface area contributed by atoms with Gasteiger partial charge in [0.25, 0.3) is 0 Å². The van der Waals surface area contributed by atoms with E-state index in [4.69, 9.17) is 0 Å². The van der Waals surface area contributed by atoms with E-state index in [0.29, 0.717) is 17.6 Å². The van der Waals surface area contributed by atoms with Gasteiger partial charge in [-0.25, -0.2) is 13.1 Å². The quantitative estimate of drug-likeness (QED) is 0.897. The van der Waals surface area contributed by atoms with Gasteiger partial charge in [-0.3, -0.25) is 0 Å². The Bertz CT molecular complexity index is 736. The second kappa shape index (κ2) is 6.57. The van der Waals surface area contributed by atoms with Crippen LogP contribution in [-0.2, 0) is 10.0 Å². The number of aromatic nitrogens is 2. The first kappa shape index (κ1) is 15.8. The van der Waals surface area contributed by atoms with Crippen molar-refractivity contribution in [2.24, 2.45) is 5.92 Å². The molecule has 1 aliphatic rings. The summed E-state index contributed by atoms with van der Waals surface area (Å²) >= 11 is 1.03. The van der Waals surface area contributed by atoms with Crippen LogP contribution in [0.15, 0.2) is 23.1 Å². The summed E-state index contributed by atoms with van der Waals surface area (Å²) < 4.78 is 35.7. The van der Waals surface area contributed by atoms with Crippen LogP contribution in [0.25, 0.3) is 11.0 Å². The van der Waals surface area contributed by atoms with Crippen LogP contribution in [-0.4, -0.2) is 48.2 Å². The molecule has 1 aromatic heterocycles. The molecule has 0 atom stereocenters.